The van der Waals surface area contributed by atoms with E-state index in [0.29, 0.717) is 19.5 Å². The van der Waals surface area contributed by atoms with E-state index >= 15 is 0 Å². The minimum Gasteiger partial charge on any atom is -0.349 e. The van der Waals surface area contributed by atoms with Crippen LogP contribution in [0.3, 0.4) is 0 Å². The van der Waals surface area contributed by atoms with Crippen LogP contribution < -0.4 is 5.73 Å². The number of aromatic nitrogens is 1. The average molecular weight is 230 g/mol. The van der Waals surface area contributed by atoms with Crippen LogP contribution in [0.25, 0.3) is 0 Å². The molecule has 0 bridgehead atoms. The van der Waals surface area contributed by atoms with E-state index in [4.69, 9.17) is 5.73 Å². The smallest absolute Gasteiger partial charge is 0.152 e. The van der Waals surface area contributed by atoms with Crippen LogP contribution in [0.1, 0.15) is 19.0 Å². The second-order valence-corrected chi connectivity index (χ2v) is 5.85. The van der Waals surface area contributed by atoms with Crippen molar-refractivity contribution in [3.8, 4) is 0 Å². The largest absolute Gasteiger partial charge is 0.349 e. The summed E-state index contributed by atoms with van der Waals surface area (Å²) in [5.74, 6) is 0.467. The van der Waals surface area contributed by atoms with Crippen molar-refractivity contribution in [1.82, 2.24) is 4.57 Å². The third-order valence-corrected chi connectivity index (χ3v) is 4.13. The van der Waals surface area contributed by atoms with Crippen molar-refractivity contribution in [2.24, 2.45) is 5.73 Å². The predicted octanol–water partition coefficient (Wildman–Crippen LogP) is 0.772. The summed E-state index contributed by atoms with van der Waals surface area (Å²) in [5, 5.41) is 0. The number of aryl methyl sites for hydroxylation is 1. The summed E-state index contributed by atoms with van der Waals surface area (Å²) in [6.45, 7) is 2.82. The standard InChI is InChI=1S/C10H18N2O2S/c1-2-7-15(13,14)8-6-12-5-3-4-10(12)9-11/h3-5H,2,6-9,11H2,1H3. The zero-order chi connectivity index (χ0) is 11.3. The van der Waals surface area contributed by atoms with E-state index in [0.717, 1.165) is 5.69 Å². The molecule has 2 N–H and O–H groups in total. The Morgan fingerprint density at radius 1 is 1.40 bits per heavy atom. The van der Waals surface area contributed by atoms with Crippen molar-refractivity contribution in [2.75, 3.05) is 11.5 Å². The van der Waals surface area contributed by atoms with E-state index in [-0.39, 0.29) is 11.5 Å². The summed E-state index contributed by atoms with van der Waals surface area (Å²) in [6, 6.07) is 3.79. The second-order valence-electron chi connectivity index (χ2n) is 3.55. The molecule has 0 amide bonds. The molecule has 15 heavy (non-hydrogen) atoms. The van der Waals surface area contributed by atoms with Crippen LogP contribution in [-0.2, 0) is 22.9 Å². The van der Waals surface area contributed by atoms with Crippen LogP contribution in [0.5, 0.6) is 0 Å². The van der Waals surface area contributed by atoms with Gasteiger partial charge in [-0.15, -0.1) is 0 Å². The first-order valence-electron chi connectivity index (χ1n) is 5.13. The van der Waals surface area contributed by atoms with Gasteiger partial charge in [-0.05, 0) is 18.6 Å². The van der Waals surface area contributed by atoms with Gasteiger partial charge in [-0.3, -0.25) is 0 Å². The van der Waals surface area contributed by atoms with Gasteiger partial charge in [0.15, 0.2) is 9.84 Å². The van der Waals surface area contributed by atoms with Crippen LogP contribution in [0.4, 0.5) is 0 Å². The van der Waals surface area contributed by atoms with Gasteiger partial charge in [-0.2, -0.15) is 0 Å². The molecule has 0 aliphatic carbocycles. The average Bonchev–Trinajstić information content (AvgIpc) is 2.62. The third-order valence-electron chi connectivity index (χ3n) is 2.29. The number of rotatable bonds is 6. The van der Waals surface area contributed by atoms with E-state index in [9.17, 15) is 8.42 Å². The van der Waals surface area contributed by atoms with Gasteiger partial charge < -0.3 is 10.3 Å². The molecular formula is C10H18N2O2S. The van der Waals surface area contributed by atoms with Gasteiger partial charge in [-0.25, -0.2) is 8.42 Å². The lowest BCUT2D eigenvalue weighted by Gasteiger charge is -2.07. The molecule has 1 aromatic rings. The fourth-order valence-electron chi connectivity index (χ4n) is 1.50. The van der Waals surface area contributed by atoms with Crippen molar-refractivity contribution < 1.29 is 8.42 Å². The molecule has 0 saturated carbocycles. The lowest BCUT2D eigenvalue weighted by molar-refractivity contribution is 0.586. The molecule has 86 valence electrons. The third kappa shape index (κ3) is 3.68. The molecule has 1 aromatic heterocycles. The second kappa shape index (κ2) is 5.32. The molecule has 0 radical (unpaired) electrons. The fourth-order valence-corrected chi connectivity index (χ4v) is 2.80. The Morgan fingerprint density at radius 2 is 2.13 bits per heavy atom. The van der Waals surface area contributed by atoms with E-state index in [1.54, 1.807) is 0 Å². The first-order valence-corrected chi connectivity index (χ1v) is 6.95. The molecule has 0 aliphatic heterocycles. The summed E-state index contributed by atoms with van der Waals surface area (Å²) in [4.78, 5) is 0. The molecule has 0 aromatic carbocycles. The predicted molar refractivity (Wildman–Crippen MR) is 61.3 cm³/mol. The first kappa shape index (κ1) is 12.3. The van der Waals surface area contributed by atoms with Crippen LogP contribution in [0, 0.1) is 0 Å². The topological polar surface area (TPSA) is 65.1 Å². The van der Waals surface area contributed by atoms with Gasteiger partial charge in [0.2, 0.25) is 0 Å². The fraction of sp³-hybridized carbons (Fsp3) is 0.600. The SMILES string of the molecule is CCCS(=O)(=O)CCn1cccc1CN. The number of sulfone groups is 1. The number of nitrogens with two attached hydrogens (primary N) is 1. The van der Waals surface area contributed by atoms with Crippen molar-refractivity contribution in [2.45, 2.75) is 26.4 Å². The van der Waals surface area contributed by atoms with E-state index in [1.807, 2.05) is 29.8 Å². The lowest BCUT2D eigenvalue weighted by atomic mass is 10.4. The van der Waals surface area contributed by atoms with E-state index in [1.165, 1.54) is 0 Å². The molecule has 0 saturated heterocycles. The van der Waals surface area contributed by atoms with Crippen molar-refractivity contribution in [3.05, 3.63) is 24.0 Å². The Balaban J connectivity index is 2.57. The highest BCUT2D eigenvalue weighted by molar-refractivity contribution is 7.91. The van der Waals surface area contributed by atoms with Gasteiger partial charge in [0.05, 0.1) is 5.75 Å². The Labute approximate surface area is 91.0 Å². The Kier molecular flexibility index (Phi) is 4.35. The lowest BCUT2D eigenvalue weighted by Crippen LogP contribution is -2.17. The van der Waals surface area contributed by atoms with Crippen LogP contribution in [0.15, 0.2) is 18.3 Å². The number of hydrogen-bond acceptors (Lipinski definition) is 3. The van der Waals surface area contributed by atoms with Gasteiger partial charge >= 0.3 is 0 Å². The van der Waals surface area contributed by atoms with Crippen LogP contribution >= 0.6 is 0 Å². The number of nitrogens with zero attached hydrogens (tertiary/aromatic N) is 1. The van der Waals surface area contributed by atoms with Gasteiger partial charge in [0, 0.05) is 30.7 Å². The minimum absolute atomic E-state index is 0.197. The quantitative estimate of drug-likeness (QED) is 0.785. The Morgan fingerprint density at radius 3 is 2.73 bits per heavy atom. The Bertz CT molecular complexity index is 395. The van der Waals surface area contributed by atoms with Gasteiger partial charge in [-0.1, -0.05) is 6.92 Å². The van der Waals surface area contributed by atoms with Gasteiger partial charge in [0.1, 0.15) is 0 Å². The zero-order valence-electron chi connectivity index (χ0n) is 9.02. The summed E-state index contributed by atoms with van der Waals surface area (Å²) in [7, 11) is -2.89. The maximum atomic E-state index is 11.5. The summed E-state index contributed by atoms with van der Waals surface area (Å²) in [5.41, 5.74) is 6.50. The molecule has 0 spiro atoms. The summed E-state index contributed by atoms with van der Waals surface area (Å²) < 4.78 is 24.9. The van der Waals surface area contributed by atoms with Crippen LogP contribution in [0.2, 0.25) is 0 Å². The minimum atomic E-state index is -2.89. The van der Waals surface area contributed by atoms with Crippen molar-refractivity contribution >= 4 is 9.84 Å². The maximum absolute atomic E-state index is 11.5. The molecule has 1 rings (SSSR count). The highest BCUT2D eigenvalue weighted by Gasteiger charge is 2.09. The molecule has 4 nitrogen and oxygen atoms in total. The first-order chi connectivity index (χ1) is 7.09. The number of hydrogen-bond donors (Lipinski definition) is 1. The Hall–Kier alpha value is -0.810. The zero-order valence-corrected chi connectivity index (χ0v) is 9.83. The summed E-state index contributed by atoms with van der Waals surface area (Å²) >= 11 is 0. The van der Waals surface area contributed by atoms with Crippen molar-refractivity contribution in [1.29, 1.82) is 0 Å². The molecule has 5 heteroatoms. The normalized spacial score (nSPS) is 11.9. The van der Waals surface area contributed by atoms with Crippen LogP contribution in [-0.4, -0.2) is 24.5 Å². The van der Waals surface area contributed by atoms with E-state index in [2.05, 4.69) is 0 Å². The molecule has 0 atom stereocenters. The summed E-state index contributed by atoms with van der Waals surface area (Å²) in [6.07, 6.45) is 2.54. The molecular weight excluding hydrogens is 212 g/mol. The molecule has 0 fully saturated rings. The van der Waals surface area contributed by atoms with Gasteiger partial charge in [0.25, 0.3) is 0 Å². The molecule has 0 unspecified atom stereocenters. The van der Waals surface area contributed by atoms with Crippen molar-refractivity contribution in [3.63, 3.8) is 0 Å². The molecule has 0 aliphatic rings. The van der Waals surface area contributed by atoms with E-state index < -0.39 is 9.84 Å². The highest BCUT2D eigenvalue weighted by Crippen LogP contribution is 2.03. The monoisotopic (exact) mass is 230 g/mol. The molecule has 1 heterocycles. The highest BCUT2D eigenvalue weighted by atomic mass is 32.2. The maximum Gasteiger partial charge on any atom is 0.152 e.